The van der Waals surface area contributed by atoms with Gasteiger partial charge in [0.05, 0.1) is 15.2 Å². The lowest BCUT2D eigenvalue weighted by atomic mass is 9.71. The first kappa shape index (κ1) is 11.6. The first-order valence-electron chi connectivity index (χ1n) is 7.14. The van der Waals surface area contributed by atoms with E-state index in [0.29, 0.717) is 0 Å². The summed E-state index contributed by atoms with van der Waals surface area (Å²) in [7, 11) is 0. The van der Waals surface area contributed by atoms with Crippen molar-refractivity contribution in [1.82, 2.24) is 10.3 Å². The van der Waals surface area contributed by atoms with Crippen molar-refractivity contribution in [3.63, 3.8) is 0 Å². The van der Waals surface area contributed by atoms with Gasteiger partial charge >= 0.3 is 0 Å². The summed E-state index contributed by atoms with van der Waals surface area (Å²) in [6.45, 7) is 1.06. The molecule has 0 radical (unpaired) electrons. The van der Waals surface area contributed by atoms with E-state index in [4.69, 9.17) is 0 Å². The maximum atomic E-state index is 4.68. The fourth-order valence-electron chi connectivity index (χ4n) is 3.34. The van der Waals surface area contributed by atoms with Crippen molar-refractivity contribution in [2.24, 2.45) is 11.8 Å². The number of para-hydroxylation sites is 1. The summed E-state index contributed by atoms with van der Waals surface area (Å²) < 4.78 is 1.31. The van der Waals surface area contributed by atoms with Crippen LogP contribution in [0.4, 0.5) is 0 Å². The number of nitrogens with zero attached hydrogens (tertiary/aromatic N) is 1. The fourth-order valence-corrected chi connectivity index (χ4v) is 4.31. The average molecular weight is 270 g/mol. The van der Waals surface area contributed by atoms with E-state index < -0.39 is 0 Å². The Hall–Kier alpha value is -1.19. The molecule has 3 unspecified atom stereocenters. The topological polar surface area (TPSA) is 24.9 Å². The molecule has 1 aromatic heterocycles. The second-order valence-corrected chi connectivity index (χ2v) is 6.74. The minimum absolute atomic E-state index is 0.720. The van der Waals surface area contributed by atoms with Gasteiger partial charge < -0.3 is 5.32 Å². The van der Waals surface area contributed by atoms with E-state index in [0.717, 1.165) is 36.4 Å². The van der Waals surface area contributed by atoms with Crippen LogP contribution < -0.4 is 5.32 Å². The highest BCUT2D eigenvalue weighted by atomic mass is 32.1. The first-order chi connectivity index (χ1) is 9.40. The molecule has 3 heteroatoms. The molecule has 0 aliphatic heterocycles. The van der Waals surface area contributed by atoms with Crippen LogP contribution in [0.3, 0.4) is 0 Å². The third-order valence-electron chi connectivity index (χ3n) is 4.45. The lowest BCUT2D eigenvalue weighted by Gasteiger charge is -2.40. The average Bonchev–Trinajstić information content (AvgIpc) is 2.97. The van der Waals surface area contributed by atoms with Crippen molar-refractivity contribution in [1.29, 1.82) is 0 Å². The van der Waals surface area contributed by atoms with Gasteiger partial charge in [-0.3, -0.25) is 0 Å². The van der Waals surface area contributed by atoms with E-state index in [-0.39, 0.29) is 0 Å². The monoisotopic (exact) mass is 270 g/mol. The number of rotatable bonds is 4. The number of fused-ring (bicyclic) bond motifs is 2. The quantitative estimate of drug-likeness (QED) is 0.861. The number of nitrogens with one attached hydrogen (secondary N) is 1. The van der Waals surface area contributed by atoms with E-state index in [9.17, 15) is 0 Å². The molecule has 0 bridgehead atoms. The van der Waals surface area contributed by atoms with Gasteiger partial charge in [0.1, 0.15) is 0 Å². The van der Waals surface area contributed by atoms with E-state index >= 15 is 0 Å². The third kappa shape index (κ3) is 2.11. The summed E-state index contributed by atoms with van der Waals surface area (Å²) in [6, 6.07) is 9.12. The van der Waals surface area contributed by atoms with Gasteiger partial charge in [-0.25, -0.2) is 4.98 Å². The Morgan fingerprint density at radius 3 is 3.16 bits per heavy atom. The predicted octanol–water partition coefficient (Wildman–Crippen LogP) is 3.39. The van der Waals surface area contributed by atoms with Crippen LogP contribution in [0.25, 0.3) is 10.2 Å². The molecule has 2 aromatic rings. The second-order valence-electron chi connectivity index (χ2n) is 5.62. The molecule has 2 aliphatic carbocycles. The molecule has 0 spiro atoms. The number of allylic oxidation sites excluding steroid dienone is 1. The zero-order chi connectivity index (χ0) is 12.7. The Labute approximate surface area is 117 Å². The summed E-state index contributed by atoms with van der Waals surface area (Å²) in [5, 5.41) is 4.95. The zero-order valence-electron chi connectivity index (χ0n) is 10.9. The molecule has 2 nitrogen and oxygen atoms in total. The molecule has 2 aliphatic rings. The summed E-state index contributed by atoms with van der Waals surface area (Å²) in [4.78, 5) is 4.68. The number of hydrogen-bond donors (Lipinski definition) is 1. The van der Waals surface area contributed by atoms with Crippen LogP contribution in [0.2, 0.25) is 0 Å². The van der Waals surface area contributed by atoms with Crippen LogP contribution in [-0.2, 0) is 6.42 Å². The Kier molecular flexibility index (Phi) is 2.89. The number of aromatic nitrogens is 1. The maximum Gasteiger partial charge on any atom is 0.0951 e. The predicted molar refractivity (Wildman–Crippen MR) is 80.5 cm³/mol. The van der Waals surface area contributed by atoms with Crippen LogP contribution in [-0.4, -0.2) is 17.6 Å². The molecule has 3 atom stereocenters. The molecule has 1 aromatic carbocycles. The second kappa shape index (κ2) is 4.73. The van der Waals surface area contributed by atoms with Crippen LogP contribution in [0.1, 0.15) is 17.8 Å². The van der Waals surface area contributed by atoms with Gasteiger partial charge in [-0.15, -0.1) is 11.3 Å². The van der Waals surface area contributed by atoms with Crippen molar-refractivity contribution in [3.05, 3.63) is 41.4 Å². The van der Waals surface area contributed by atoms with Crippen molar-refractivity contribution in [2.45, 2.75) is 25.3 Å². The Morgan fingerprint density at radius 1 is 1.32 bits per heavy atom. The molecule has 19 heavy (non-hydrogen) atoms. The van der Waals surface area contributed by atoms with Crippen molar-refractivity contribution < 1.29 is 0 Å². The maximum absolute atomic E-state index is 4.68. The van der Waals surface area contributed by atoms with Crippen LogP contribution in [0, 0.1) is 11.8 Å². The van der Waals surface area contributed by atoms with E-state index in [1.807, 2.05) is 11.3 Å². The summed E-state index contributed by atoms with van der Waals surface area (Å²) in [6.07, 6.45) is 8.48. The Morgan fingerprint density at radius 2 is 2.26 bits per heavy atom. The van der Waals surface area contributed by atoms with Crippen molar-refractivity contribution in [3.8, 4) is 0 Å². The first-order valence-corrected chi connectivity index (χ1v) is 7.96. The molecule has 98 valence electrons. The largest absolute Gasteiger partial charge is 0.313 e. The lowest BCUT2D eigenvalue weighted by Crippen LogP contribution is -2.48. The van der Waals surface area contributed by atoms with E-state index in [2.05, 4.69) is 46.7 Å². The van der Waals surface area contributed by atoms with E-state index in [1.54, 1.807) is 0 Å². The van der Waals surface area contributed by atoms with Gasteiger partial charge in [-0.05, 0) is 36.8 Å². The van der Waals surface area contributed by atoms with Gasteiger partial charge in [0.15, 0.2) is 0 Å². The number of thiazole rings is 1. The molecule has 0 saturated heterocycles. The number of benzene rings is 1. The molecule has 1 heterocycles. The van der Waals surface area contributed by atoms with Crippen LogP contribution >= 0.6 is 11.3 Å². The molecule has 1 N–H and O–H groups in total. The zero-order valence-corrected chi connectivity index (χ0v) is 11.7. The molecule has 4 rings (SSSR count). The minimum Gasteiger partial charge on any atom is -0.313 e. The van der Waals surface area contributed by atoms with Gasteiger partial charge in [-0.2, -0.15) is 0 Å². The highest BCUT2D eigenvalue weighted by Crippen LogP contribution is 2.42. The third-order valence-corrected chi connectivity index (χ3v) is 5.54. The molecule has 1 fully saturated rings. The van der Waals surface area contributed by atoms with Gasteiger partial charge in [0.2, 0.25) is 0 Å². The SMILES string of the molecule is C1=CC2C(C1)CC2NCCc1nc2ccccc2s1. The summed E-state index contributed by atoms with van der Waals surface area (Å²) in [5.41, 5.74) is 1.14. The van der Waals surface area contributed by atoms with Crippen molar-refractivity contribution in [2.75, 3.05) is 6.54 Å². The molecule has 0 amide bonds. The smallest absolute Gasteiger partial charge is 0.0951 e. The van der Waals surface area contributed by atoms with Crippen molar-refractivity contribution >= 4 is 21.6 Å². The standard InChI is InChI=1S/C16H18N2S/c1-2-7-15-13(6-1)18-16(19-15)8-9-17-14-10-11-4-3-5-12(11)14/h1-3,5-7,11-12,14,17H,4,8-10H2. The lowest BCUT2D eigenvalue weighted by molar-refractivity contribution is 0.164. The normalized spacial score (nSPS) is 28.5. The Bertz CT molecular complexity index is 583. The molecular weight excluding hydrogens is 252 g/mol. The Balaban J connectivity index is 1.34. The van der Waals surface area contributed by atoms with E-state index in [1.165, 1.54) is 22.5 Å². The molecule has 1 saturated carbocycles. The number of hydrogen-bond acceptors (Lipinski definition) is 3. The highest BCUT2D eigenvalue weighted by Gasteiger charge is 2.40. The van der Waals surface area contributed by atoms with Crippen LogP contribution in [0.15, 0.2) is 36.4 Å². The summed E-state index contributed by atoms with van der Waals surface area (Å²) >= 11 is 1.83. The minimum atomic E-state index is 0.720. The van der Waals surface area contributed by atoms with Gasteiger partial charge in [0, 0.05) is 19.0 Å². The van der Waals surface area contributed by atoms with Gasteiger partial charge in [-0.1, -0.05) is 24.3 Å². The fraction of sp³-hybridized carbons (Fsp3) is 0.438. The highest BCUT2D eigenvalue weighted by molar-refractivity contribution is 7.18. The van der Waals surface area contributed by atoms with Gasteiger partial charge in [0.25, 0.3) is 0 Å². The molecular formula is C16H18N2S. The van der Waals surface area contributed by atoms with Crippen LogP contribution in [0.5, 0.6) is 0 Å². The summed E-state index contributed by atoms with van der Waals surface area (Å²) in [5.74, 6) is 1.76.